The van der Waals surface area contributed by atoms with Gasteiger partial charge in [0.25, 0.3) is 11.1 Å². The van der Waals surface area contributed by atoms with Crippen molar-refractivity contribution < 1.29 is 19.1 Å². The van der Waals surface area contributed by atoms with Crippen LogP contribution in [0.2, 0.25) is 0 Å². The lowest BCUT2D eigenvalue weighted by Crippen LogP contribution is -2.41. The number of aromatic nitrogens is 2. The number of hydrogen-bond acceptors (Lipinski definition) is 8. The maximum atomic E-state index is 12.7. The Morgan fingerprint density at radius 1 is 1.30 bits per heavy atom. The molecule has 8 nitrogen and oxygen atoms in total. The summed E-state index contributed by atoms with van der Waals surface area (Å²) in [7, 11) is 0. The molecule has 30 heavy (non-hydrogen) atoms. The maximum Gasteiger partial charge on any atom is 0.329 e. The van der Waals surface area contributed by atoms with Crippen LogP contribution in [0.25, 0.3) is 17.0 Å². The molecule has 2 fully saturated rings. The minimum absolute atomic E-state index is 0.262. The van der Waals surface area contributed by atoms with Crippen molar-refractivity contribution in [1.82, 2.24) is 15.3 Å². The van der Waals surface area contributed by atoms with E-state index in [2.05, 4.69) is 15.3 Å². The van der Waals surface area contributed by atoms with Crippen LogP contribution < -0.4 is 10.2 Å². The van der Waals surface area contributed by atoms with Crippen LogP contribution >= 0.6 is 11.8 Å². The number of esters is 1. The number of imide groups is 1. The summed E-state index contributed by atoms with van der Waals surface area (Å²) in [6.07, 6.45) is 4.71. The lowest BCUT2D eigenvalue weighted by atomic mass is 10.1. The Balaban J connectivity index is 1.70. The number of hydrogen-bond donors (Lipinski definition) is 1. The molecule has 2 amide bonds. The number of carbonyl (C=O) groups excluding carboxylic acids is 3. The second-order valence-electron chi connectivity index (χ2n) is 8.21. The predicted molar refractivity (Wildman–Crippen MR) is 115 cm³/mol. The summed E-state index contributed by atoms with van der Waals surface area (Å²) in [6, 6.07) is 5.14. The summed E-state index contributed by atoms with van der Waals surface area (Å²) in [4.78, 5) is 47.1. The number of nitrogens with one attached hydrogen (secondary N) is 1. The minimum Gasteiger partial charge on any atom is -0.458 e. The van der Waals surface area contributed by atoms with E-state index < -0.39 is 17.6 Å². The fraction of sp³-hybridized carbons (Fsp3) is 0.381. The first-order valence-corrected chi connectivity index (χ1v) is 10.5. The third-order valence-electron chi connectivity index (χ3n) is 4.78. The predicted octanol–water partition coefficient (Wildman–Crippen LogP) is 3.26. The third-order valence-corrected chi connectivity index (χ3v) is 5.59. The second-order valence-corrected chi connectivity index (χ2v) is 9.23. The van der Waals surface area contributed by atoms with Crippen molar-refractivity contribution in [2.24, 2.45) is 0 Å². The van der Waals surface area contributed by atoms with Gasteiger partial charge in [0, 0.05) is 11.9 Å². The molecule has 2 aromatic rings. The van der Waals surface area contributed by atoms with Gasteiger partial charge < -0.3 is 9.64 Å². The van der Waals surface area contributed by atoms with Crippen molar-refractivity contribution in [2.75, 3.05) is 11.4 Å². The van der Waals surface area contributed by atoms with Gasteiger partial charge in [0.15, 0.2) is 0 Å². The van der Waals surface area contributed by atoms with Gasteiger partial charge in [-0.1, -0.05) is 6.07 Å². The third kappa shape index (κ3) is 4.16. The van der Waals surface area contributed by atoms with Crippen LogP contribution in [0.15, 0.2) is 29.4 Å². The zero-order valence-electron chi connectivity index (χ0n) is 17.0. The molecule has 1 aromatic carbocycles. The highest BCUT2D eigenvalue weighted by Gasteiger charge is 2.35. The van der Waals surface area contributed by atoms with Crippen LogP contribution in [-0.2, 0) is 14.3 Å². The van der Waals surface area contributed by atoms with E-state index in [9.17, 15) is 14.4 Å². The molecular formula is C21H22N4O4S. The van der Waals surface area contributed by atoms with Crippen molar-refractivity contribution in [3.05, 3.63) is 35.0 Å². The van der Waals surface area contributed by atoms with Gasteiger partial charge in [-0.25, -0.2) is 14.8 Å². The van der Waals surface area contributed by atoms with Crippen LogP contribution in [0.4, 0.5) is 10.6 Å². The van der Waals surface area contributed by atoms with Gasteiger partial charge in [-0.2, -0.15) is 0 Å². The number of rotatable bonds is 3. The van der Waals surface area contributed by atoms with Gasteiger partial charge in [-0.15, -0.1) is 0 Å². The summed E-state index contributed by atoms with van der Waals surface area (Å²) in [5.41, 5.74) is 0.922. The summed E-state index contributed by atoms with van der Waals surface area (Å²) >= 11 is 0.872. The van der Waals surface area contributed by atoms with E-state index in [4.69, 9.17) is 4.74 Å². The Labute approximate surface area is 178 Å². The van der Waals surface area contributed by atoms with Crippen molar-refractivity contribution in [3.8, 4) is 0 Å². The summed E-state index contributed by atoms with van der Waals surface area (Å²) in [5, 5.41) is 2.64. The quantitative estimate of drug-likeness (QED) is 0.589. The molecule has 0 unspecified atom stereocenters. The highest BCUT2D eigenvalue weighted by atomic mass is 32.2. The van der Waals surface area contributed by atoms with Crippen LogP contribution in [0.5, 0.6) is 0 Å². The van der Waals surface area contributed by atoms with Crippen LogP contribution in [0.1, 0.15) is 39.2 Å². The molecule has 0 radical (unpaired) electrons. The number of thioether (sulfide) groups is 1. The second kappa shape index (κ2) is 7.71. The molecule has 0 aliphatic carbocycles. The van der Waals surface area contributed by atoms with E-state index in [1.807, 2.05) is 43.9 Å². The number of nitrogens with zero attached hydrogens (tertiary/aromatic N) is 3. The average Bonchev–Trinajstić information content (AvgIpc) is 3.26. The molecular weight excluding hydrogens is 404 g/mol. The molecule has 156 valence electrons. The molecule has 1 aromatic heterocycles. The summed E-state index contributed by atoms with van der Waals surface area (Å²) in [5.74, 6) is -0.00468. The van der Waals surface area contributed by atoms with Crippen LogP contribution in [0, 0.1) is 0 Å². The number of carbonyl (C=O) groups is 3. The van der Waals surface area contributed by atoms with Gasteiger partial charge in [0.2, 0.25) is 0 Å². The summed E-state index contributed by atoms with van der Waals surface area (Å²) in [6.45, 7) is 6.25. The number of benzene rings is 1. The highest BCUT2D eigenvalue weighted by molar-refractivity contribution is 8.18. The molecule has 9 heteroatoms. The SMILES string of the molecule is CC(C)(C)OC(=O)[C@@H]1CCCN1c1ncnc2ccc(/C=C3\SC(=O)NC3=O)cc12. The molecule has 3 heterocycles. The van der Waals surface area contributed by atoms with E-state index in [0.29, 0.717) is 23.7 Å². The van der Waals surface area contributed by atoms with Crippen LogP contribution in [0.3, 0.4) is 0 Å². The molecule has 2 aliphatic heterocycles. The minimum atomic E-state index is -0.560. The Bertz CT molecular complexity index is 1080. The monoisotopic (exact) mass is 426 g/mol. The number of amides is 2. The fourth-order valence-electron chi connectivity index (χ4n) is 3.59. The molecule has 1 N–H and O–H groups in total. The Morgan fingerprint density at radius 3 is 2.80 bits per heavy atom. The van der Waals surface area contributed by atoms with Gasteiger partial charge in [0.05, 0.1) is 10.4 Å². The smallest absolute Gasteiger partial charge is 0.329 e. The van der Waals surface area contributed by atoms with E-state index in [0.717, 1.165) is 34.6 Å². The van der Waals surface area contributed by atoms with Gasteiger partial charge >= 0.3 is 5.97 Å². The van der Waals surface area contributed by atoms with Crippen molar-refractivity contribution >= 4 is 51.7 Å². The normalized spacial score (nSPS) is 20.8. The average molecular weight is 426 g/mol. The van der Waals surface area contributed by atoms with E-state index in [1.165, 1.54) is 6.33 Å². The topological polar surface area (TPSA) is 101 Å². The standard InChI is InChI=1S/C21H22N4O4S/c1-21(2,3)29-19(27)15-5-4-8-25(15)17-13-9-12(6-7-14(13)22-11-23-17)10-16-18(26)24-20(28)30-16/h6-7,9-11,15H,4-5,8H2,1-3H3,(H,24,26,28)/b16-10-/t15-/m0/s1. The largest absolute Gasteiger partial charge is 0.458 e. The molecule has 2 saturated heterocycles. The summed E-state index contributed by atoms with van der Waals surface area (Å²) < 4.78 is 5.61. The Morgan fingerprint density at radius 2 is 2.10 bits per heavy atom. The van der Waals surface area contributed by atoms with Crippen molar-refractivity contribution in [2.45, 2.75) is 45.3 Å². The zero-order chi connectivity index (χ0) is 21.5. The number of ether oxygens (including phenoxy) is 1. The van der Waals surface area contributed by atoms with E-state index in [-0.39, 0.29) is 11.2 Å². The first kappa shape index (κ1) is 20.3. The molecule has 4 rings (SSSR count). The first-order chi connectivity index (χ1) is 14.2. The first-order valence-electron chi connectivity index (χ1n) is 9.70. The highest BCUT2D eigenvalue weighted by Crippen LogP contribution is 2.32. The van der Waals surface area contributed by atoms with Gasteiger partial charge in [0.1, 0.15) is 23.8 Å². The maximum absolute atomic E-state index is 12.7. The lowest BCUT2D eigenvalue weighted by Gasteiger charge is -2.28. The zero-order valence-corrected chi connectivity index (χ0v) is 17.8. The molecule has 0 bridgehead atoms. The molecule has 0 spiro atoms. The molecule has 2 aliphatic rings. The lowest BCUT2D eigenvalue weighted by molar-refractivity contribution is -0.156. The van der Waals surface area contributed by atoms with E-state index >= 15 is 0 Å². The van der Waals surface area contributed by atoms with E-state index in [1.54, 1.807) is 6.08 Å². The van der Waals surface area contributed by atoms with Crippen molar-refractivity contribution in [3.63, 3.8) is 0 Å². The number of anilines is 1. The Kier molecular flexibility index (Phi) is 5.23. The van der Waals surface area contributed by atoms with Crippen molar-refractivity contribution in [1.29, 1.82) is 0 Å². The molecule has 1 atom stereocenters. The molecule has 0 saturated carbocycles. The Hall–Kier alpha value is -2.94. The van der Waals surface area contributed by atoms with Gasteiger partial charge in [-0.3, -0.25) is 14.9 Å². The van der Waals surface area contributed by atoms with Crippen LogP contribution in [-0.4, -0.2) is 45.3 Å². The number of fused-ring (bicyclic) bond motifs is 1. The van der Waals surface area contributed by atoms with Gasteiger partial charge in [-0.05, 0) is 69.1 Å². The fourth-order valence-corrected chi connectivity index (χ4v) is 4.27.